The number of benzene rings is 3. The van der Waals surface area contributed by atoms with E-state index in [2.05, 4.69) is 0 Å². The Bertz CT molecular complexity index is 1130. The van der Waals surface area contributed by atoms with Crippen molar-refractivity contribution in [3.05, 3.63) is 98.5 Å². The number of aryl methyl sites for hydroxylation is 1. The highest BCUT2D eigenvalue weighted by Crippen LogP contribution is 2.38. The van der Waals surface area contributed by atoms with Gasteiger partial charge < -0.3 is 9.47 Å². The van der Waals surface area contributed by atoms with Crippen molar-refractivity contribution in [1.82, 2.24) is 0 Å². The summed E-state index contributed by atoms with van der Waals surface area (Å²) in [5, 5.41) is 0.832. The minimum atomic E-state index is -0.528. The fourth-order valence-electron chi connectivity index (χ4n) is 3.13. The van der Waals surface area contributed by atoms with Gasteiger partial charge in [0, 0.05) is 16.7 Å². The fraction of sp³-hybridized carbons (Fsp3) is 0.0870. The number of allylic oxidation sites excluding steroid dienone is 1. The molecule has 0 radical (unpaired) electrons. The van der Waals surface area contributed by atoms with E-state index in [0.29, 0.717) is 34.3 Å². The number of ketones is 1. The first-order valence-corrected chi connectivity index (χ1v) is 9.58. The molecule has 0 spiro atoms. The maximum Gasteiger partial charge on any atom is 0.232 e. The predicted octanol–water partition coefficient (Wildman–Crippen LogP) is 6.64. The van der Waals surface area contributed by atoms with Crippen LogP contribution < -0.4 is 9.47 Å². The van der Waals surface area contributed by atoms with E-state index in [-0.39, 0.29) is 22.1 Å². The van der Waals surface area contributed by atoms with Crippen molar-refractivity contribution in [2.24, 2.45) is 0 Å². The van der Waals surface area contributed by atoms with Gasteiger partial charge in [0.2, 0.25) is 5.78 Å². The molecule has 0 bridgehead atoms. The number of carbonyl (C=O) groups excluding carboxylic acids is 1. The molecule has 3 nitrogen and oxygen atoms in total. The molecule has 29 heavy (non-hydrogen) atoms. The molecular weight excluding hydrogens is 414 g/mol. The lowest BCUT2D eigenvalue weighted by Crippen LogP contribution is -2.00. The average Bonchev–Trinajstić information content (AvgIpc) is 2.99. The van der Waals surface area contributed by atoms with E-state index in [9.17, 15) is 9.18 Å². The molecule has 146 valence electrons. The average molecular weight is 429 g/mol. The number of fused-ring (bicyclic) bond motifs is 1. The Morgan fingerprint density at radius 3 is 2.66 bits per heavy atom. The van der Waals surface area contributed by atoms with Crippen molar-refractivity contribution in [3.8, 4) is 11.5 Å². The van der Waals surface area contributed by atoms with Gasteiger partial charge in [0.05, 0.1) is 10.6 Å². The Morgan fingerprint density at radius 2 is 1.90 bits per heavy atom. The van der Waals surface area contributed by atoms with Crippen LogP contribution in [0.3, 0.4) is 0 Å². The zero-order valence-electron chi connectivity index (χ0n) is 15.3. The fourth-order valence-corrected chi connectivity index (χ4v) is 3.56. The van der Waals surface area contributed by atoms with Crippen molar-refractivity contribution in [2.75, 3.05) is 0 Å². The molecule has 0 fully saturated rings. The normalized spacial score (nSPS) is 14.1. The first kappa shape index (κ1) is 19.5. The molecule has 1 heterocycles. The summed E-state index contributed by atoms with van der Waals surface area (Å²) in [6.07, 6.45) is 1.33. The predicted molar refractivity (Wildman–Crippen MR) is 111 cm³/mol. The van der Waals surface area contributed by atoms with Gasteiger partial charge in [-0.25, -0.2) is 4.39 Å². The molecular formula is C23H15Cl2FO3. The van der Waals surface area contributed by atoms with Crippen LogP contribution in [-0.2, 0) is 6.61 Å². The Balaban J connectivity index is 1.60. The summed E-state index contributed by atoms with van der Waals surface area (Å²) in [7, 11) is 0. The van der Waals surface area contributed by atoms with Crippen LogP contribution in [0.2, 0.25) is 10.0 Å². The van der Waals surface area contributed by atoms with Gasteiger partial charge in [-0.1, -0.05) is 41.4 Å². The second kappa shape index (κ2) is 7.90. The van der Waals surface area contributed by atoms with Gasteiger partial charge >= 0.3 is 0 Å². The van der Waals surface area contributed by atoms with Crippen LogP contribution in [0.25, 0.3) is 6.08 Å². The van der Waals surface area contributed by atoms with Crippen LogP contribution >= 0.6 is 23.2 Å². The summed E-state index contributed by atoms with van der Waals surface area (Å²) < 4.78 is 25.6. The van der Waals surface area contributed by atoms with Crippen molar-refractivity contribution in [2.45, 2.75) is 13.5 Å². The van der Waals surface area contributed by atoms with E-state index in [0.717, 1.165) is 5.56 Å². The number of halogens is 3. The van der Waals surface area contributed by atoms with E-state index in [1.165, 1.54) is 18.2 Å². The number of rotatable bonds is 4. The van der Waals surface area contributed by atoms with Crippen LogP contribution in [0.1, 0.15) is 27.0 Å². The summed E-state index contributed by atoms with van der Waals surface area (Å²) in [5.41, 5.74) is 2.17. The molecule has 4 rings (SSSR count). The van der Waals surface area contributed by atoms with Gasteiger partial charge in [0.1, 0.15) is 23.9 Å². The van der Waals surface area contributed by atoms with Crippen LogP contribution in [-0.4, -0.2) is 5.78 Å². The lowest BCUT2D eigenvalue weighted by atomic mass is 10.0. The SMILES string of the molecule is Cc1cc(OCc2cccc(Cl)c2)cc2c1C(=O)/C(=C/c1c(F)cccc1Cl)O2. The highest BCUT2D eigenvalue weighted by Gasteiger charge is 2.30. The molecule has 1 aliphatic rings. The van der Waals surface area contributed by atoms with Gasteiger partial charge in [-0.2, -0.15) is 0 Å². The van der Waals surface area contributed by atoms with E-state index in [1.807, 2.05) is 18.2 Å². The molecule has 0 amide bonds. The first-order chi connectivity index (χ1) is 13.9. The number of carbonyl (C=O) groups is 1. The highest BCUT2D eigenvalue weighted by atomic mass is 35.5. The lowest BCUT2D eigenvalue weighted by molar-refractivity contribution is 0.101. The minimum absolute atomic E-state index is 0.0158. The summed E-state index contributed by atoms with van der Waals surface area (Å²) >= 11 is 12.0. The third kappa shape index (κ3) is 4.00. The summed E-state index contributed by atoms with van der Waals surface area (Å²) in [5.74, 6) is 0.0916. The van der Waals surface area contributed by atoms with E-state index < -0.39 is 5.82 Å². The molecule has 0 N–H and O–H groups in total. The third-order valence-electron chi connectivity index (χ3n) is 4.51. The summed E-state index contributed by atoms with van der Waals surface area (Å²) in [6.45, 7) is 2.12. The molecule has 0 aliphatic carbocycles. The van der Waals surface area contributed by atoms with Crippen LogP contribution in [0.4, 0.5) is 4.39 Å². The van der Waals surface area contributed by atoms with E-state index in [1.54, 1.807) is 31.2 Å². The maximum atomic E-state index is 14.1. The molecule has 0 saturated carbocycles. The monoisotopic (exact) mass is 428 g/mol. The number of hydrogen-bond donors (Lipinski definition) is 0. The molecule has 0 atom stereocenters. The van der Waals surface area contributed by atoms with Crippen molar-refractivity contribution in [1.29, 1.82) is 0 Å². The molecule has 3 aromatic carbocycles. The van der Waals surface area contributed by atoms with Gasteiger partial charge in [0.25, 0.3) is 0 Å². The van der Waals surface area contributed by atoms with Crippen LogP contribution in [0.5, 0.6) is 11.5 Å². The van der Waals surface area contributed by atoms with E-state index >= 15 is 0 Å². The Hall–Kier alpha value is -2.82. The standard InChI is InChI=1S/C23H15Cl2FO3/c1-13-8-16(28-12-14-4-2-5-15(24)9-14)10-20-22(13)23(27)21(29-20)11-17-18(25)6-3-7-19(17)26/h2-11H,12H2,1H3/b21-11-. The summed E-state index contributed by atoms with van der Waals surface area (Å²) in [6, 6.07) is 15.1. The molecule has 3 aromatic rings. The van der Waals surface area contributed by atoms with Gasteiger partial charge in [-0.05, 0) is 54.5 Å². The van der Waals surface area contributed by atoms with Crippen LogP contribution in [0.15, 0.2) is 60.4 Å². The van der Waals surface area contributed by atoms with Crippen molar-refractivity contribution in [3.63, 3.8) is 0 Å². The van der Waals surface area contributed by atoms with Gasteiger partial charge in [-0.3, -0.25) is 4.79 Å². The molecule has 0 unspecified atom stereocenters. The number of hydrogen-bond acceptors (Lipinski definition) is 3. The highest BCUT2D eigenvalue weighted by molar-refractivity contribution is 6.32. The summed E-state index contributed by atoms with van der Waals surface area (Å²) in [4.78, 5) is 12.8. The lowest BCUT2D eigenvalue weighted by Gasteiger charge is -2.09. The van der Waals surface area contributed by atoms with Gasteiger partial charge in [0.15, 0.2) is 5.76 Å². The van der Waals surface area contributed by atoms with Crippen LogP contribution in [0, 0.1) is 12.7 Å². The third-order valence-corrected chi connectivity index (χ3v) is 5.08. The smallest absolute Gasteiger partial charge is 0.232 e. The maximum absolute atomic E-state index is 14.1. The van der Waals surface area contributed by atoms with E-state index in [4.69, 9.17) is 32.7 Å². The van der Waals surface area contributed by atoms with Crippen molar-refractivity contribution < 1.29 is 18.7 Å². The molecule has 6 heteroatoms. The quantitative estimate of drug-likeness (QED) is 0.437. The Labute approximate surface area is 177 Å². The zero-order valence-corrected chi connectivity index (χ0v) is 16.9. The second-order valence-electron chi connectivity index (χ2n) is 6.61. The Morgan fingerprint density at radius 1 is 1.10 bits per heavy atom. The topological polar surface area (TPSA) is 35.5 Å². The largest absolute Gasteiger partial charge is 0.489 e. The number of ether oxygens (including phenoxy) is 2. The minimum Gasteiger partial charge on any atom is -0.489 e. The zero-order chi connectivity index (χ0) is 20.5. The molecule has 1 aliphatic heterocycles. The van der Waals surface area contributed by atoms with Crippen molar-refractivity contribution >= 4 is 35.1 Å². The molecule has 0 saturated heterocycles. The number of Topliss-reactive ketones (excluding diaryl/α,β-unsaturated/α-hetero) is 1. The van der Waals surface area contributed by atoms with Gasteiger partial charge in [-0.15, -0.1) is 0 Å². The Kier molecular flexibility index (Phi) is 5.31. The molecule has 0 aromatic heterocycles. The second-order valence-corrected chi connectivity index (χ2v) is 7.45. The first-order valence-electron chi connectivity index (χ1n) is 8.82.